The van der Waals surface area contributed by atoms with Gasteiger partial charge in [0, 0.05) is 33.4 Å². The summed E-state index contributed by atoms with van der Waals surface area (Å²) in [5, 5.41) is 23.7. The molecule has 4 rings (SSSR count). The van der Waals surface area contributed by atoms with Crippen molar-refractivity contribution in [1.82, 2.24) is 0 Å². The smallest absolute Gasteiger partial charge is 0.340 e. The summed E-state index contributed by atoms with van der Waals surface area (Å²) >= 11 is 5.94. The molecule has 0 bridgehead atoms. The predicted molar refractivity (Wildman–Crippen MR) is 148 cm³/mol. The highest BCUT2D eigenvalue weighted by atomic mass is 35.5. The van der Waals surface area contributed by atoms with Gasteiger partial charge in [0.05, 0.1) is 31.2 Å². The Bertz CT molecular complexity index is 1560. The topological polar surface area (TPSA) is 129 Å². The first kappa shape index (κ1) is 27.3. The molecule has 0 atom stereocenters. The van der Waals surface area contributed by atoms with Crippen molar-refractivity contribution in [3.63, 3.8) is 0 Å². The molecule has 3 aromatic carbocycles. The highest BCUT2D eigenvalue weighted by Gasteiger charge is 2.27. The van der Waals surface area contributed by atoms with Gasteiger partial charge in [-0.3, -0.25) is 4.31 Å². The van der Waals surface area contributed by atoms with Gasteiger partial charge in [-0.1, -0.05) is 11.6 Å². The maximum Gasteiger partial charge on any atom is 0.340 e. The molecule has 4 aromatic rings. The van der Waals surface area contributed by atoms with Crippen LogP contribution in [-0.2, 0) is 10.0 Å². The van der Waals surface area contributed by atoms with Gasteiger partial charge in [0.1, 0.15) is 22.7 Å². The van der Waals surface area contributed by atoms with Crippen molar-refractivity contribution in [3.8, 4) is 17.1 Å². The van der Waals surface area contributed by atoms with Gasteiger partial charge < -0.3 is 24.7 Å². The molecule has 0 aliphatic carbocycles. The zero-order valence-corrected chi connectivity index (χ0v) is 22.5. The number of aliphatic hydroxyl groups excluding tert-OH is 1. The van der Waals surface area contributed by atoms with Crippen molar-refractivity contribution in [1.29, 1.82) is 0 Å². The van der Waals surface area contributed by atoms with Crippen LogP contribution in [0.5, 0.6) is 5.75 Å². The van der Waals surface area contributed by atoms with E-state index in [1.54, 1.807) is 50.2 Å². The molecule has 0 fully saturated rings. The molecule has 1 heterocycles. The lowest BCUT2D eigenvalue weighted by atomic mass is 10.0. The Labute approximate surface area is 225 Å². The van der Waals surface area contributed by atoms with E-state index in [0.29, 0.717) is 10.6 Å². The zero-order valence-electron chi connectivity index (χ0n) is 20.9. The number of anilines is 3. The molecule has 0 saturated heterocycles. The first-order valence-corrected chi connectivity index (χ1v) is 13.9. The number of furan rings is 1. The normalized spacial score (nSPS) is 11.6. The Hall–Kier alpha value is -3.73. The van der Waals surface area contributed by atoms with Crippen LogP contribution in [-0.4, -0.2) is 50.1 Å². The molecule has 9 nitrogen and oxygen atoms in total. The van der Waals surface area contributed by atoms with Gasteiger partial charge in [-0.05, 0) is 68.4 Å². The molecule has 11 heteroatoms. The second kappa shape index (κ2) is 10.9. The first-order chi connectivity index (χ1) is 18.0. The van der Waals surface area contributed by atoms with E-state index in [-0.39, 0.29) is 46.4 Å². The number of ether oxygens (including phenoxy) is 1. The number of hydrogen-bond donors (Lipinski definition) is 3. The number of fused-ring (bicyclic) bond motifs is 1. The van der Waals surface area contributed by atoms with Crippen LogP contribution < -0.4 is 14.4 Å². The lowest BCUT2D eigenvalue weighted by molar-refractivity contribution is 0.0699. The third-order valence-electron chi connectivity index (χ3n) is 5.60. The van der Waals surface area contributed by atoms with Gasteiger partial charge in [0.2, 0.25) is 10.0 Å². The molecular formula is C27H27ClN2O7S. The fraction of sp³-hybridized carbons (Fsp3) is 0.222. The number of carboxylic acid groups (broad SMARTS) is 1. The molecule has 38 heavy (non-hydrogen) atoms. The minimum absolute atomic E-state index is 0.0772. The standard InChI is InChI=1S/C27H27ClN2O7S/c1-16(2)36-24-14-21-23(15-22(24)30(12-13-31)38(3,34)35)37-26(25(21)27(32)33)17-4-8-19(9-5-17)29-20-10-6-18(28)7-11-20/h4-11,14-16,29,31H,12-13H2,1-3H3,(H,32,33). The van der Waals surface area contributed by atoms with Crippen LogP contribution in [0.2, 0.25) is 5.02 Å². The van der Waals surface area contributed by atoms with Gasteiger partial charge in [0.15, 0.2) is 0 Å². The maximum absolute atomic E-state index is 12.5. The van der Waals surface area contributed by atoms with Crippen LogP contribution in [0.3, 0.4) is 0 Å². The molecule has 0 unspecified atom stereocenters. The number of rotatable bonds is 10. The predicted octanol–water partition coefficient (Wildman–Crippen LogP) is 5.74. The van der Waals surface area contributed by atoms with Crippen LogP contribution in [0.15, 0.2) is 65.1 Å². The van der Waals surface area contributed by atoms with Gasteiger partial charge in [-0.2, -0.15) is 0 Å². The summed E-state index contributed by atoms with van der Waals surface area (Å²) in [5.74, 6) is -0.935. The molecule has 0 amide bonds. The van der Waals surface area contributed by atoms with Crippen molar-refractivity contribution in [3.05, 3.63) is 71.2 Å². The third-order valence-corrected chi connectivity index (χ3v) is 7.03. The number of benzene rings is 3. The summed E-state index contributed by atoms with van der Waals surface area (Å²) in [4.78, 5) is 12.4. The Balaban J connectivity index is 1.82. The van der Waals surface area contributed by atoms with Crippen molar-refractivity contribution in [2.75, 3.05) is 29.0 Å². The average Bonchev–Trinajstić information content (AvgIpc) is 3.21. The SMILES string of the molecule is CC(C)Oc1cc2c(C(=O)O)c(-c3ccc(Nc4ccc(Cl)cc4)cc3)oc2cc1N(CCO)S(C)(=O)=O. The fourth-order valence-electron chi connectivity index (χ4n) is 4.03. The van der Waals surface area contributed by atoms with Crippen LogP contribution in [0.4, 0.5) is 17.1 Å². The molecule has 0 saturated carbocycles. The van der Waals surface area contributed by atoms with Crippen LogP contribution >= 0.6 is 11.6 Å². The quantitative estimate of drug-likeness (QED) is 0.225. The van der Waals surface area contributed by atoms with Gasteiger partial charge in [0.25, 0.3) is 0 Å². The molecule has 0 radical (unpaired) electrons. The summed E-state index contributed by atoms with van der Waals surface area (Å²) < 4.78 is 37.9. The van der Waals surface area contributed by atoms with Gasteiger partial charge in [-0.25, -0.2) is 13.2 Å². The minimum atomic E-state index is -3.79. The number of aromatic carboxylic acids is 1. The molecule has 1 aromatic heterocycles. The summed E-state index contributed by atoms with van der Waals surface area (Å²) in [6, 6.07) is 17.1. The van der Waals surface area contributed by atoms with E-state index in [1.165, 1.54) is 12.1 Å². The minimum Gasteiger partial charge on any atom is -0.489 e. The Morgan fingerprint density at radius 2 is 1.68 bits per heavy atom. The fourth-order valence-corrected chi connectivity index (χ4v) is 5.07. The number of sulfonamides is 1. The average molecular weight is 559 g/mol. The van der Waals surface area contributed by atoms with E-state index >= 15 is 0 Å². The number of hydrogen-bond acceptors (Lipinski definition) is 7. The van der Waals surface area contributed by atoms with E-state index in [4.69, 9.17) is 20.8 Å². The largest absolute Gasteiger partial charge is 0.489 e. The summed E-state index contributed by atoms with van der Waals surface area (Å²) in [5.41, 5.74) is 2.35. The second-order valence-corrected chi connectivity index (χ2v) is 11.2. The van der Waals surface area contributed by atoms with Crippen LogP contribution in [0.25, 0.3) is 22.3 Å². The summed E-state index contributed by atoms with van der Waals surface area (Å²) in [6.45, 7) is 2.90. The van der Waals surface area contributed by atoms with Crippen molar-refractivity contribution in [2.24, 2.45) is 0 Å². The highest BCUT2D eigenvalue weighted by Crippen LogP contribution is 2.41. The van der Waals surface area contributed by atoms with Crippen LogP contribution in [0, 0.1) is 0 Å². The van der Waals surface area contributed by atoms with E-state index in [1.807, 2.05) is 12.1 Å². The zero-order chi connectivity index (χ0) is 27.6. The lowest BCUT2D eigenvalue weighted by Crippen LogP contribution is -2.33. The lowest BCUT2D eigenvalue weighted by Gasteiger charge is -2.24. The summed E-state index contributed by atoms with van der Waals surface area (Å²) in [7, 11) is -3.79. The monoisotopic (exact) mass is 558 g/mol. The van der Waals surface area contributed by atoms with Gasteiger partial charge in [-0.15, -0.1) is 0 Å². The Morgan fingerprint density at radius 3 is 2.21 bits per heavy atom. The highest BCUT2D eigenvalue weighted by molar-refractivity contribution is 7.92. The first-order valence-electron chi connectivity index (χ1n) is 11.7. The van der Waals surface area contributed by atoms with E-state index < -0.39 is 22.6 Å². The Kier molecular flexibility index (Phi) is 7.86. The molecule has 200 valence electrons. The number of aliphatic hydroxyl groups is 1. The van der Waals surface area contributed by atoms with E-state index in [0.717, 1.165) is 21.9 Å². The maximum atomic E-state index is 12.5. The van der Waals surface area contributed by atoms with E-state index in [9.17, 15) is 23.4 Å². The molecule has 3 N–H and O–H groups in total. The number of carbonyl (C=O) groups is 1. The van der Waals surface area contributed by atoms with Crippen molar-refractivity contribution >= 4 is 55.6 Å². The molecule has 0 aliphatic rings. The number of nitrogens with one attached hydrogen (secondary N) is 1. The Morgan fingerprint density at radius 1 is 1.08 bits per heavy atom. The molecule has 0 aliphatic heterocycles. The second-order valence-electron chi connectivity index (χ2n) is 8.86. The van der Waals surface area contributed by atoms with Crippen molar-refractivity contribution in [2.45, 2.75) is 20.0 Å². The number of carboxylic acids is 1. The number of nitrogens with zero attached hydrogens (tertiary/aromatic N) is 1. The molecular weight excluding hydrogens is 532 g/mol. The van der Waals surface area contributed by atoms with Crippen molar-refractivity contribution < 1.29 is 32.6 Å². The van der Waals surface area contributed by atoms with Crippen LogP contribution in [0.1, 0.15) is 24.2 Å². The van der Waals surface area contributed by atoms with Gasteiger partial charge >= 0.3 is 5.97 Å². The number of halogens is 1. The third kappa shape index (κ3) is 5.88. The summed E-state index contributed by atoms with van der Waals surface area (Å²) in [6.07, 6.45) is 0.684. The molecule has 0 spiro atoms. The van der Waals surface area contributed by atoms with E-state index in [2.05, 4.69) is 5.32 Å².